The molecule has 0 fully saturated rings. The zero-order chi connectivity index (χ0) is 57.8. The molecule has 0 aromatic heterocycles. The van der Waals surface area contributed by atoms with E-state index in [9.17, 15) is 19.8 Å². The fourth-order valence-electron chi connectivity index (χ4n) is 11.7. The number of ether oxygens (including phenoxy) is 1. The molecule has 474 valence electrons. The predicted molar refractivity (Wildman–Crippen MR) is 352 cm³/mol. The van der Waals surface area contributed by atoms with Gasteiger partial charge in [-0.05, 0) is 57.8 Å². The van der Waals surface area contributed by atoms with E-state index in [2.05, 4.69) is 43.5 Å². The Labute approximate surface area is 501 Å². The molecule has 0 radical (unpaired) electrons. The highest BCUT2D eigenvalue weighted by atomic mass is 16.5. The molecular weight excluding hydrogens is 983 g/mol. The van der Waals surface area contributed by atoms with Gasteiger partial charge in [-0.3, -0.25) is 9.59 Å². The van der Waals surface area contributed by atoms with E-state index in [1.807, 2.05) is 0 Å². The van der Waals surface area contributed by atoms with Crippen molar-refractivity contribution in [2.75, 3.05) is 13.2 Å². The molecule has 0 aliphatic rings. The van der Waals surface area contributed by atoms with Gasteiger partial charge in [0.2, 0.25) is 5.91 Å². The van der Waals surface area contributed by atoms with Crippen molar-refractivity contribution in [3.05, 3.63) is 24.3 Å². The van der Waals surface area contributed by atoms with Crippen molar-refractivity contribution in [2.24, 2.45) is 0 Å². The van der Waals surface area contributed by atoms with Gasteiger partial charge in [0.15, 0.2) is 0 Å². The Morgan fingerprint density at radius 1 is 0.350 bits per heavy atom. The summed E-state index contributed by atoms with van der Waals surface area (Å²) in [5.41, 5.74) is 0. The number of allylic oxidation sites excluding steroid dienone is 4. The van der Waals surface area contributed by atoms with E-state index in [0.717, 1.165) is 44.9 Å². The summed E-state index contributed by atoms with van der Waals surface area (Å²) >= 11 is 0. The van der Waals surface area contributed by atoms with Crippen LogP contribution in [0.1, 0.15) is 412 Å². The Morgan fingerprint density at radius 3 is 0.950 bits per heavy atom. The number of hydrogen-bond donors (Lipinski definition) is 3. The van der Waals surface area contributed by atoms with Gasteiger partial charge in [0.25, 0.3) is 0 Å². The summed E-state index contributed by atoms with van der Waals surface area (Å²) in [6.45, 7) is 4.98. The number of amides is 1. The van der Waals surface area contributed by atoms with Crippen LogP contribution in [0.15, 0.2) is 24.3 Å². The first kappa shape index (κ1) is 78.3. The zero-order valence-corrected chi connectivity index (χ0v) is 54.3. The number of nitrogens with one attached hydrogen (secondary N) is 1. The first-order valence-electron chi connectivity index (χ1n) is 36.6. The topological polar surface area (TPSA) is 95.9 Å². The predicted octanol–water partition coefficient (Wildman–Crippen LogP) is 23.7. The van der Waals surface area contributed by atoms with Crippen LogP contribution in [0, 0.1) is 0 Å². The number of carbonyl (C=O) groups is 2. The van der Waals surface area contributed by atoms with Crippen molar-refractivity contribution in [3.8, 4) is 0 Å². The van der Waals surface area contributed by atoms with Crippen molar-refractivity contribution in [1.29, 1.82) is 0 Å². The van der Waals surface area contributed by atoms with Gasteiger partial charge in [-0.2, -0.15) is 0 Å². The van der Waals surface area contributed by atoms with E-state index in [1.165, 1.54) is 334 Å². The quantitative estimate of drug-likeness (QED) is 0.0320. The highest BCUT2D eigenvalue weighted by molar-refractivity contribution is 5.76. The van der Waals surface area contributed by atoms with Gasteiger partial charge >= 0.3 is 5.97 Å². The molecule has 1 amide bonds. The summed E-state index contributed by atoms with van der Waals surface area (Å²) in [6, 6.07) is -0.538. The van der Waals surface area contributed by atoms with Gasteiger partial charge in [0.1, 0.15) is 0 Å². The molecule has 0 aliphatic carbocycles. The number of aliphatic hydroxyl groups is 2. The molecule has 2 unspecified atom stereocenters. The molecule has 0 aromatic carbocycles. The van der Waals surface area contributed by atoms with Crippen molar-refractivity contribution in [3.63, 3.8) is 0 Å². The molecule has 0 rings (SSSR count). The third-order valence-corrected chi connectivity index (χ3v) is 17.3. The molecule has 0 spiro atoms. The van der Waals surface area contributed by atoms with Gasteiger partial charge < -0.3 is 20.3 Å². The number of esters is 1. The van der Waals surface area contributed by atoms with E-state index >= 15 is 0 Å². The Morgan fingerprint density at radius 2 is 0.625 bits per heavy atom. The normalized spacial score (nSPS) is 12.6. The first-order valence-corrected chi connectivity index (χ1v) is 36.6. The lowest BCUT2D eigenvalue weighted by molar-refractivity contribution is -0.143. The van der Waals surface area contributed by atoms with E-state index in [4.69, 9.17) is 4.74 Å². The minimum absolute atomic E-state index is 0.0205. The molecule has 0 saturated carbocycles. The number of rotatable bonds is 69. The van der Waals surface area contributed by atoms with Crippen LogP contribution in [0.3, 0.4) is 0 Å². The maximum absolute atomic E-state index is 12.5. The van der Waals surface area contributed by atoms with E-state index in [1.54, 1.807) is 0 Å². The van der Waals surface area contributed by atoms with Crippen LogP contribution in [0.4, 0.5) is 0 Å². The van der Waals surface area contributed by atoms with Crippen LogP contribution in [0.5, 0.6) is 0 Å². The summed E-state index contributed by atoms with van der Waals surface area (Å²) in [5, 5.41) is 23.3. The van der Waals surface area contributed by atoms with Crippen molar-refractivity contribution < 1.29 is 24.5 Å². The lowest BCUT2D eigenvalue weighted by Gasteiger charge is -2.22. The molecule has 3 N–H and O–H groups in total. The Hall–Kier alpha value is -1.66. The van der Waals surface area contributed by atoms with Crippen molar-refractivity contribution >= 4 is 11.9 Å². The van der Waals surface area contributed by atoms with E-state index < -0.39 is 12.1 Å². The Bertz CT molecular complexity index is 1250. The van der Waals surface area contributed by atoms with Crippen LogP contribution < -0.4 is 5.32 Å². The van der Waals surface area contributed by atoms with E-state index in [0.29, 0.717) is 25.9 Å². The van der Waals surface area contributed by atoms with Gasteiger partial charge in [0.05, 0.1) is 25.4 Å². The molecule has 0 heterocycles. The highest BCUT2D eigenvalue weighted by Crippen LogP contribution is 2.19. The van der Waals surface area contributed by atoms with Gasteiger partial charge in [-0.1, -0.05) is 366 Å². The SMILES string of the molecule is CCCCCCCCCCCCCCCC(O)C(CO)NC(=O)CCCCCCCCCCCCCCCCCCC/C=C\C/C=C\CCCCCCCCCCCCCCCCCOC(=O)CCCCCCCCCCCCC. The van der Waals surface area contributed by atoms with Crippen molar-refractivity contribution in [1.82, 2.24) is 5.32 Å². The fourth-order valence-corrected chi connectivity index (χ4v) is 11.7. The van der Waals surface area contributed by atoms with E-state index in [-0.39, 0.29) is 18.5 Å². The average molecular weight is 1130 g/mol. The smallest absolute Gasteiger partial charge is 0.305 e. The maximum atomic E-state index is 12.5. The Kier molecular flexibility index (Phi) is 68.4. The number of aliphatic hydroxyl groups excluding tert-OH is 2. The molecule has 2 atom stereocenters. The summed E-state index contributed by atoms with van der Waals surface area (Å²) in [5.74, 6) is -0.00909. The zero-order valence-electron chi connectivity index (χ0n) is 54.3. The highest BCUT2D eigenvalue weighted by Gasteiger charge is 2.20. The second-order valence-corrected chi connectivity index (χ2v) is 25.3. The number of carbonyl (C=O) groups excluding carboxylic acids is 2. The molecule has 80 heavy (non-hydrogen) atoms. The Balaban J connectivity index is 3.34. The molecule has 0 saturated heterocycles. The van der Waals surface area contributed by atoms with Gasteiger partial charge in [-0.15, -0.1) is 0 Å². The second-order valence-electron chi connectivity index (χ2n) is 25.3. The minimum Gasteiger partial charge on any atom is -0.466 e. The molecule has 6 heteroatoms. The number of hydrogen-bond acceptors (Lipinski definition) is 5. The van der Waals surface area contributed by atoms with Crippen LogP contribution in [-0.2, 0) is 14.3 Å². The maximum Gasteiger partial charge on any atom is 0.305 e. The molecule has 0 aromatic rings. The molecular formula is C74H143NO5. The van der Waals surface area contributed by atoms with Crippen LogP contribution >= 0.6 is 0 Å². The molecule has 0 aliphatic heterocycles. The summed E-state index contributed by atoms with van der Waals surface area (Å²) < 4.78 is 5.48. The molecule has 0 bridgehead atoms. The third-order valence-electron chi connectivity index (χ3n) is 17.3. The fraction of sp³-hybridized carbons (Fsp3) is 0.919. The van der Waals surface area contributed by atoms with Crippen LogP contribution in [-0.4, -0.2) is 47.4 Å². The van der Waals surface area contributed by atoms with Crippen LogP contribution in [0.2, 0.25) is 0 Å². The minimum atomic E-state index is -0.661. The standard InChI is InChI=1S/C74H143NO5/c1-3-5-7-9-11-13-15-43-47-50-54-58-62-66-72(77)71(70-76)75-73(78)67-63-59-55-51-48-44-41-39-37-35-33-31-29-27-25-23-21-19-17-16-18-20-22-24-26-28-30-32-34-36-38-40-42-45-49-53-57-61-65-69-80-74(79)68-64-60-56-52-46-14-12-10-8-6-4-2/h16-17,20,22,71-72,76-77H,3-15,18-19,21,23-70H2,1-2H3,(H,75,78)/b17-16-,22-20-. The van der Waals surface area contributed by atoms with Gasteiger partial charge in [0, 0.05) is 12.8 Å². The summed E-state index contributed by atoms with van der Waals surface area (Å²) in [6.07, 6.45) is 88.3. The molecule has 6 nitrogen and oxygen atoms in total. The summed E-state index contributed by atoms with van der Waals surface area (Å²) in [4.78, 5) is 24.5. The monoisotopic (exact) mass is 1130 g/mol. The number of unbranched alkanes of at least 4 members (excludes halogenated alkanes) is 54. The largest absolute Gasteiger partial charge is 0.466 e. The lowest BCUT2D eigenvalue weighted by atomic mass is 10.0. The lowest BCUT2D eigenvalue weighted by Crippen LogP contribution is -2.45. The summed E-state index contributed by atoms with van der Waals surface area (Å²) in [7, 11) is 0. The average Bonchev–Trinajstić information content (AvgIpc) is 3.46. The van der Waals surface area contributed by atoms with Crippen molar-refractivity contribution in [2.45, 2.75) is 424 Å². The first-order chi connectivity index (χ1) is 39.5. The second kappa shape index (κ2) is 69.8. The van der Waals surface area contributed by atoms with Crippen LogP contribution in [0.25, 0.3) is 0 Å². The third kappa shape index (κ3) is 65.5. The van der Waals surface area contributed by atoms with Gasteiger partial charge in [-0.25, -0.2) is 0 Å².